The summed E-state index contributed by atoms with van der Waals surface area (Å²) in [7, 11) is 1.15. The smallest absolute Gasteiger partial charge is 0.328 e. The van der Waals surface area contributed by atoms with Crippen LogP contribution in [0.25, 0.3) is 11.1 Å². The van der Waals surface area contributed by atoms with Crippen LogP contribution in [-0.4, -0.2) is 35.9 Å². The van der Waals surface area contributed by atoms with E-state index in [2.05, 4.69) is 10.1 Å². The summed E-state index contributed by atoms with van der Waals surface area (Å²) < 4.78 is 4.64. The minimum absolute atomic E-state index is 0.0216. The van der Waals surface area contributed by atoms with Crippen molar-refractivity contribution in [2.45, 2.75) is 18.9 Å². The van der Waals surface area contributed by atoms with Crippen LogP contribution in [0.1, 0.15) is 23.2 Å². The lowest BCUT2D eigenvalue weighted by Gasteiger charge is -2.17. The molecule has 28 heavy (non-hydrogen) atoms. The molecule has 0 saturated heterocycles. The first-order chi connectivity index (χ1) is 13.3. The second kappa shape index (κ2) is 9.26. The molecular formula is C19H19N3O6. The molecule has 146 valence electrons. The van der Waals surface area contributed by atoms with E-state index in [9.17, 15) is 24.5 Å². The number of hydrogen-bond donors (Lipinski definition) is 2. The first-order valence-electron chi connectivity index (χ1n) is 8.34. The lowest BCUT2D eigenvalue weighted by molar-refractivity contribution is -0.384. The Morgan fingerprint density at radius 1 is 1.18 bits per heavy atom. The number of nitrogens with zero attached hydrogens (tertiary/aromatic N) is 1. The normalized spacial score (nSPS) is 11.3. The van der Waals surface area contributed by atoms with Gasteiger partial charge in [-0.3, -0.25) is 19.7 Å². The van der Waals surface area contributed by atoms with Crippen molar-refractivity contribution in [1.29, 1.82) is 0 Å². The molecule has 1 unspecified atom stereocenters. The Hall–Kier alpha value is -3.75. The summed E-state index contributed by atoms with van der Waals surface area (Å²) >= 11 is 0. The highest BCUT2D eigenvalue weighted by molar-refractivity contribution is 6.03. The summed E-state index contributed by atoms with van der Waals surface area (Å²) in [5.41, 5.74) is 5.99. The van der Waals surface area contributed by atoms with Gasteiger partial charge in [-0.15, -0.1) is 0 Å². The van der Waals surface area contributed by atoms with Gasteiger partial charge in [0.15, 0.2) is 0 Å². The van der Waals surface area contributed by atoms with Crippen molar-refractivity contribution in [1.82, 2.24) is 5.32 Å². The van der Waals surface area contributed by atoms with E-state index in [1.54, 1.807) is 30.3 Å². The molecule has 2 aromatic carbocycles. The quantitative estimate of drug-likeness (QED) is 0.403. The number of nitrogens with one attached hydrogen (secondary N) is 1. The molecular weight excluding hydrogens is 366 g/mol. The predicted molar refractivity (Wildman–Crippen MR) is 100 cm³/mol. The maximum Gasteiger partial charge on any atom is 0.328 e. The summed E-state index contributed by atoms with van der Waals surface area (Å²) in [5, 5.41) is 13.6. The van der Waals surface area contributed by atoms with Gasteiger partial charge in [0.25, 0.3) is 11.6 Å². The standard InChI is InChI=1S/C19H19N3O6/c1-28-19(25)16(9-10-17(20)23)21-18(24)15-11-13(22(26)27)7-8-14(15)12-5-3-2-4-6-12/h2-8,11,16H,9-10H2,1H3,(H2,20,23)(H,21,24). The zero-order chi connectivity index (χ0) is 20.7. The Morgan fingerprint density at radius 3 is 2.43 bits per heavy atom. The number of primary amides is 1. The molecule has 2 aromatic rings. The average Bonchev–Trinajstić information content (AvgIpc) is 2.70. The molecule has 0 aliphatic heterocycles. The molecule has 0 saturated carbocycles. The van der Waals surface area contributed by atoms with Gasteiger partial charge in [0.05, 0.1) is 17.6 Å². The van der Waals surface area contributed by atoms with Gasteiger partial charge in [-0.1, -0.05) is 30.3 Å². The number of carbonyl (C=O) groups excluding carboxylic acids is 3. The SMILES string of the molecule is COC(=O)C(CCC(N)=O)NC(=O)c1cc([N+](=O)[O-])ccc1-c1ccccc1. The molecule has 0 spiro atoms. The second-order valence-electron chi connectivity index (χ2n) is 5.91. The van der Waals surface area contributed by atoms with Crippen LogP contribution in [0, 0.1) is 10.1 Å². The Bertz CT molecular complexity index is 898. The number of esters is 1. The number of benzene rings is 2. The van der Waals surface area contributed by atoms with Gasteiger partial charge in [0.2, 0.25) is 5.91 Å². The number of rotatable bonds is 8. The molecule has 9 heteroatoms. The Balaban J connectivity index is 2.40. The monoisotopic (exact) mass is 385 g/mol. The molecule has 0 aliphatic carbocycles. The third kappa shape index (κ3) is 5.13. The molecule has 0 fully saturated rings. The van der Waals surface area contributed by atoms with E-state index in [0.29, 0.717) is 11.1 Å². The first kappa shape index (κ1) is 20.6. The zero-order valence-corrected chi connectivity index (χ0v) is 15.1. The van der Waals surface area contributed by atoms with E-state index in [1.165, 1.54) is 12.1 Å². The highest BCUT2D eigenvalue weighted by Crippen LogP contribution is 2.27. The first-order valence-corrected chi connectivity index (χ1v) is 8.34. The largest absolute Gasteiger partial charge is 0.467 e. The van der Waals surface area contributed by atoms with Gasteiger partial charge in [0.1, 0.15) is 6.04 Å². The number of nitro groups is 1. The molecule has 3 N–H and O–H groups in total. The fraction of sp³-hybridized carbons (Fsp3) is 0.211. The van der Waals surface area contributed by atoms with Crippen molar-refractivity contribution in [2.75, 3.05) is 7.11 Å². The number of methoxy groups -OCH3 is 1. The summed E-state index contributed by atoms with van der Waals surface area (Å²) in [5.74, 6) is -2.09. The Morgan fingerprint density at radius 2 is 1.86 bits per heavy atom. The van der Waals surface area contributed by atoms with Crippen LogP contribution in [0.5, 0.6) is 0 Å². The summed E-state index contributed by atoms with van der Waals surface area (Å²) in [4.78, 5) is 46.3. The topological polar surface area (TPSA) is 142 Å². The fourth-order valence-electron chi connectivity index (χ4n) is 2.62. The molecule has 0 heterocycles. The molecule has 2 rings (SSSR count). The molecule has 0 aliphatic rings. The number of hydrogen-bond acceptors (Lipinski definition) is 6. The minimum Gasteiger partial charge on any atom is -0.467 e. The highest BCUT2D eigenvalue weighted by Gasteiger charge is 2.25. The minimum atomic E-state index is -1.12. The highest BCUT2D eigenvalue weighted by atomic mass is 16.6. The van der Waals surface area contributed by atoms with E-state index in [1.807, 2.05) is 0 Å². The maximum atomic E-state index is 12.8. The lowest BCUT2D eigenvalue weighted by atomic mass is 9.98. The Kier molecular flexibility index (Phi) is 6.80. The van der Waals surface area contributed by atoms with E-state index in [-0.39, 0.29) is 24.1 Å². The van der Waals surface area contributed by atoms with E-state index in [0.717, 1.165) is 13.2 Å². The summed E-state index contributed by atoms with van der Waals surface area (Å²) in [6, 6.07) is 11.6. The summed E-state index contributed by atoms with van der Waals surface area (Å²) in [6.45, 7) is 0. The third-order valence-corrected chi connectivity index (χ3v) is 4.01. The number of ether oxygens (including phenoxy) is 1. The van der Waals surface area contributed by atoms with Gasteiger partial charge in [-0.25, -0.2) is 4.79 Å². The van der Waals surface area contributed by atoms with Gasteiger partial charge in [-0.2, -0.15) is 0 Å². The van der Waals surface area contributed by atoms with Crippen LogP contribution in [0.15, 0.2) is 48.5 Å². The van der Waals surface area contributed by atoms with Gasteiger partial charge in [-0.05, 0) is 23.6 Å². The number of nitro benzene ring substituents is 1. The number of carbonyl (C=O) groups is 3. The number of amides is 2. The Labute approximate surface area is 160 Å². The van der Waals surface area contributed by atoms with E-state index >= 15 is 0 Å². The van der Waals surface area contributed by atoms with Crippen LogP contribution in [-0.2, 0) is 14.3 Å². The molecule has 9 nitrogen and oxygen atoms in total. The van der Waals surface area contributed by atoms with Gasteiger partial charge >= 0.3 is 5.97 Å². The fourth-order valence-corrected chi connectivity index (χ4v) is 2.62. The number of nitrogens with two attached hydrogens (primary N) is 1. The van der Waals surface area contributed by atoms with Crippen molar-refractivity contribution < 1.29 is 24.0 Å². The van der Waals surface area contributed by atoms with Gasteiger partial charge in [0, 0.05) is 18.6 Å². The predicted octanol–water partition coefficient (Wildman–Crippen LogP) is 1.80. The van der Waals surface area contributed by atoms with Crippen LogP contribution in [0.3, 0.4) is 0 Å². The van der Waals surface area contributed by atoms with Crippen molar-refractivity contribution in [3.8, 4) is 11.1 Å². The van der Waals surface area contributed by atoms with Crippen molar-refractivity contribution in [3.63, 3.8) is 0 Å². The van der Waals surface area contributed by atoms with Crippen LogP contribution in [0.2, 0.25) is 0 Å². The second-order valence-corrected chi connectivity index (χ2v) is 5.91. The lowest BCUT2D eigenvalue weighted by Crippen LogP contribution is -2.42. The molecule has 1 atom stereocenters. The van der Waals surface area contributed by atoms with Crippen molar-refractivity contribution >= 4 is 23.5 Å². The third-order valence-electron chi connectivity index (χ3n) is 4.01. The number of non-ortho nitro benzene ring substituents is 1. The molecule has 0 bridgehead atoms. The van der Waals surface area contributed by atoms with E-state index in [4.69, 9.17) is 5.73 Å². The molecule has 0 aromatic heterocycles. The van der Waals surface area contributed by atoms with Gasteiger partial charge < -0.3 is 15.8 Å². The van der Waals surface area contributed by atoms with Crippen LogP contribution < -0.4 is 11.1 Å². The van der Waals surface area contributed by atoms with Crippen LogP contribution >= 0.6 is 0 Å². The van der Waals surface area contributed by atoms with Crippen molar-refractivity contribution in [3.05, 3.63) is 64.2 Å². The average molecular weight is 385 g/mol. The molecule has 0 radical (unpaired) electrons. The van der Waals surface area contributed by atoms with Crippen molar-refractivity contribution in [2.24, 2.45) is 5.73 Å². The van der Waals surface area contributed by atoms with Crippen LogP contribution in [0.4, 0.5) is 5.69 Å². The summed E-state index contributed by atoms with van der Waals surface area (Å²) in [6.07, 6.45) is -0.191. The molecule has 2 amide bonds. The van der Waals surface area contributed by atoms with E-state index < -0.39 is 28.7 Å². The maximum absolute atomic E-state index is 12.8. The zero-order valence-electron chi connectivity index (χ0n) is 15.1.